The van der Waals surface area contributed by atoms with Crippen molar-refractivity contribution in [2.75, 3.05) is 26.7 Å². The minimum atomic E-state index is -3.39. The smallest absolute Gasteiger partial charge is 0.242 e. The van der Waals surface area contributed by atoms with Crippen molar-refractivity contribution in [2.45, 2.75) is 30.6 Å². The molecule has 0 aromatic heterocycles. The molecule has 6 heteroatoms. The van der Waals surface area contributed by atoms with E-state index in [4.69, 9.17) is 10.5 Å². The number of nitrogens with zero attached hydrogens (tertiary/aromatic N) is 1. The highest BCUT2D eigenvalue weighted by atomic mass is 32.2. The van der Waals surface area contributed by atoms with E-state index in [9.17, 15) is 8.42 Å². The summed E-state index contributed by atoms with van der Waals surface area (Å²) in [6, 6.07) is 6.59. The predicted molar refractivity (Wildman–Crippen MR) is 82.8 cm³/mol. The molecule has 0 unspecified atom stereocenters. The quantitative estimate of drug-likeness (QED) is 0.743. The molecule has 1 fully saturated rings. The average Bonchev–Trinajstić information content (AvgIpc) is 2.43. The van der Waals surface area contributed by atoms with Crippen LogP contribution in [0.5, 0.6) is 5.75 Å². The molecule has 1 aromatic carbocycles. The molecule has 0 amide bonds. The van der Waals surface area contributed by atoms with Crippen LogP contribution in [0.25, 0.3) is 0 Å². The van der Waals surface area contributed by atoms with E-state index in [1.54, 1.807) is 31.3 Å². The second-order valence-electron chi connectivity index (χ2n) is 5.54. The van der Waals surface area contributed by atoms with Crippen molar-refractivity contribution in [3.05, 3.63) is 24.3 Å². The first kappa shape index (κ1) is 16.3. The Hall–Kier alpha value is -1.11. The third-order valence-electron chi connectivity index (χ3n) is 3.89. The van der Waals surface area contributed by atoms with Crippen molar-refractivity contribution in [2.24, 2.45) is 11.7 Å². The number of nitrogens with two attached hydrogens (primary N) is 1. The molecule has 2 rings (SSSR count). The SMILES string of the molecule is CN(CC1CCC1)S(=O)(=O)c1ccc(OCCCN)cc1. The lowest BCUT2D eigenvalue weighted by atomic mass is 9.86. The van der Waals surface area contributed by atoms with E-state index in [2.05, 4.69) is 0 Å². The lowest BCUT2D eigenvalue weighted by Gasteiger charge is -2.29. The largest absolute Gasteiger partial charge is 0.494 e. The lowest BCUT2D eigenvalue weighted by molar-refractivity contribution is 0.263. The maximum atomic E-state index is 12.4. The standard InChI is InChI=1S/C15H24N2O3S/c1-17(12-13-4-2-5-13)21(18,19)15-8-6-14(7-9-15)20-11-3-10-16/h6-9,13H,2-5,10-12,16H2,1H3. The minimum Gasteiger partial charge on any atom is -0.494 e. The van der Waals surface area contributed by atoms with Gasteiger partial charge in [-0.1, -0.05) is 6.42 Å². The van der Waals surface area contributed by atoms with Crippen LogP contribution in [0.15, 0.2) is 29.2 Å². The topological polar surface area (TPSA) is 72.6 Å². The molecule has 5 nitrogen and oxygen atoms in total. The van der Waals surface area contributed by atoms with Crippen molar-refractivity contribution in [3.8, 4) is 5.75 Å². The Morgan fingerprint density at radius 1 is 1.29 bits per heavy atom. The predicted octanol–water partition coefficient (Wildman–Crippen LogP) is 1.83. The minimum absolute atomic E-state index is 0.315. The third-order valence-corrected chi connectivity index (χ3v) is 5.73. The van der Waals surface area contributed by atoms with E-state index >= 15 is 0 Å². The number of hydrogen-bond acceptors (Lipinski definition) is 4. The summed E-state index contributed by atoms with van der Waals surface area (Å²) in [4.78, 5) is 0.315. The van der Waals surface area contributed by atoms with Gasteiger partial charge in [-0.3, -0.25) is 0 Å². The highest BCUT2D eigenvalue weighted by Gasteiger charge is 2.26. The first-order valence-corrected chi connectivity index (χ1v) is 8.87. The van der Waals surface area contributed by atoms with E-state index in [0.29, 0.717) is 36.3 Å². The van der Waals surface area contributed by atoms with Crippen molar-refractivity contribution < 1.29 is 13.2 Å². The molecule has 1 aromatic rings. The van der Waals surface area contributed by atoms with Crippen LogP contribution in [-0.4, -0.2) is 39.5 Å². The molecule has 0 bridgehead atoms. The van der Waals surface area contributed by atoms with Crippen LogP contribution in [0.1, 0.15) is 25.7 Å². The van der Waals surface area contributed by atoms with E-state index in [0.717, 1.165) is 19.3 Å². The fraction of sp³-hybridized carbons (Fsp3) is 0.600. The van der Waals surface area contributed by atoms with Gasteiger partial charge >= 0.3 is 0 Å². The first-order valence-electron chi connectivity index (χ1n) is 7.43. The summed E-state index contributed by atoms with van der Waals surface area (Å²) in [6.07, 6.45) is 4.26. The van der Waals surface area contributed by atoms with E-state index in [1.165, 1.54) is 10.7 Å². The van der Waals surface area contributed by atoms with Gasteiger partial charge in [-0.05, 0) is 56.0 Å². The van der Waals surface area contributed by atoms with Crippen molar-refractivity contribution >= 4 is 10.0 Å². The maximum Gasteiger partial charge on any atom is 0.242 e. The van der Waals surface area contributed by atoms with Gasteiger partial charge in [-0.25, -0.2) is 12.7 Å². The van der Waals surface area contributed by atoms with Gasteiger partial charge in [-0.15, -0.1) is 0 Å². The monoisotopic (exact) mass is 312 g/mol. The van der Waals surface area contributed by atoms with Gasteiger partial charge in [0.1, 0.15) is 5.75 Å². The second-order valence-corrected chi connectivity index (χ2v) is 7.59. The van der Waals surface area contributed by atoms with Crippen LogP contribution in [0, 0.1) is 5.92 Å². The summed E-state index contributed by atoms with van der Waals surface area (Å²) >= 11 is 0. The van der Waals surface area contributed by atoms with Crippen LogP contribution in [0.4, 0.5) is 0 Å². The molecule has 118 valence electrons. The van der Waals surface area contributed by atoms with E-state index in [-0.39, 0.29) is 0 Å². The van der Waals surface area contributed by atoms with Gasteiger partial charge in [0.05, 0.1) is 11.5 Å². The number of rotatable bonds is 8. The first-order chi connectivity index (χ1) is 10.0. The maximum absolute atomic E-state index is 12.4. The van der Waals surface area contributed by atoms with Crippen molar-refractivity contribution in [3.63, 3.8) is 0 Å². The molecule has 0 heterocycles. The highest BCUT2D eigenvalue weighted by molar-refractivity contribution is 7.89. The fourth-order valence-electron chi connectivity index (χ4n) is 2.30. The Balaban J connectivity index is 1.98. The molecule has 1 aliphatic carbocycles. The Morgan fingerprint density at radius 3 is 2.48 bits per heavy atom. The molecule has 1 aliphatic rings. The van der Waals surface area contributed by atoms with Crippen LogP contribution in [-0.2, 0) is 10.0 Å². The van der Waals surface area contributed by atoms with Crippen LogP contribution in [0.2, 0.25) is 0 Å². The summed E-state index contributed by atoms with van der Waals surface area (Å²) in [5.41, 5.74) is 5.40. The summed E-state index contributed by atoms with van der Waals surface area (Å²) in [5, 5.41) is 0. The zero-order valence-electron chi connectivity index (χ0n) is 12.5. The Bertz CT molecular complexity index is 539. The molecule has 1 saturated carbocycles. The van der Waals surface area contributed by atoms with Gasteiger partial charge in [0.25, 0.3) is 0 Å². The molecule has 0 radical (unpaired) electrons. The summed E-state index contributed by atoms with van der Waals surface area (Å²) in [6.45, 7) is 1.74. The third kappa shape index (κ3) is 4.18. The van der Waals surface area contributed by atoms with Gasteiger partial charge in [0.2, 0.25) is 10.0 Å². The number of ether oxygens (including phenoxy) is 1. The summed E-state index contributed by atoms with van der Waals surface area (Å²) in [7, 11) is -1.74. The van der Waals surface area contributed by atoms with Crippen LogP contribution >= 0.6 is 0 Å². The van der Waals surface area contributed by atoms with Crippen LogP contribution in [0.3, 0.4) is 0 Å². The van der Waals surface area contributed by atoms with E-state index in [1.807, 2.05) is 0 Å². The number of hydrogen-bond donors (Lipinski definition) is 1. The Morgan fingerprint density at radius 2 is 1.95 bits per heavy atom. The summed E-state index contributed by atoms with van der Waals surface area (Å²) in [5.74, 6) is 1.19. The van der Waals surface area contributed by atoms with Crippen LogP contribution < -0.4 is 10.5 Å². The molecule has 0 aliphatic heterocycles. The molecule has 0 saturated heterocycles. The van der Waals surface area contributed by atoms with Gasteiger partial charge in [-0.2, -0.15) is 0 Å². The molecular formula is C15H24N2O3S. The highest BCUT2D eigenvalue weighted by Crippen LogP contribution is 2.28. The zero-order valence-corrected chi connectivity index (χ0v) is 13.3. The van der Waals surface area contributed by atoms with Gasteiger partial charge in [0.15, 0.2) is 0 Å². The summed E-state index contributed by atoms with van der Waals surface area (Å²) < 4.78 is 31.8. The molecule has 0 atom stereocenters. The second kappa shape index (κ2) is 7.24. The molecular weight excluding hydrogens is 288 g/mol. The number of benzene rings is 1. The molecule has 0 spiro atoms. The Kier molecular flexibility index (Phi) is 5.61. The fourth-order valence-corrected chi connectivity index (χ4v) is 3.55. The lowest BCUT2D eigenvalue weighted by Crippen LogP contribution is -2.34. The normalized spacial score (nSPS) is 16.0. The van der Waals surface area contributed by atoms with Gasteiger partial charge < -0.3 is 10.5 Å². The van der Waals surface area contributed by atoms with Crippen molar-refractivity contribution in [1.82, 2.24) is 4.31 Å². The average molecular weight is 312 g/mol. The van der Waals surface area contributed by atoms with Gasteiger partial charge in [0, 0.05) is 13.6 Å². The Labute approximate surface area is 127 Å². The van der Waals surface area contributed by atoms with Crippen molar-refractivity contribution in [1.29, 1.82) is 0 Å². The zero-order chi connectivity index (χ0) is 15.3. The van der Waals surface area contributed by atoms with E-state index < -0.39 is 10.0 Å². The molecule has 21 heavy (non-hydrogen) atoms. The number of sulfonamides is 1. The molecule has 2 N–H and O–H groups in total.